The summed E-state index contributed by atoms with van der Waals surface area (Å²) in [6.45, 7) is 4.61. The average Bonchev–Trinajstić information content (AvgIpc) is 4.02. The number of benzene rings is 7. The summed E-state index contributed by atoms with van der Waals surface area (Å²) in [6, 6.07) is 49.9. The van der Waals surface area contributed by atoms with Crippen molar-refractivity contribution in [2.75, 3.05) is 7.11 Å². The van der Waals surface area contributed by atoms with Gasteiger partial charge in [-0.2, -0.15) is 9.67 Å². The molecule has 1 aliphatic rings. The number of halogens is 1. The SMILES string of the molecule is CCC1(CC)c2ccccc2-c2ccc(-c3cc4c5cc(OC)ccc5n(-c5nc(-c6ccccc6)nn5-c5ccccc5)c4c4sc5ccc(F)cc5c34)cc21. The normalized spacial score (nSPS) is 13.2. The van der Waals surface area contributed by atoms with Crippen LogP contribution in [0.2, 0.25) is 0 Å². The minimum atomic E-state index is -0.254. The van der Waals surface area contributed by atoms with E-state index in [1.807, 2.05) is 65.3 Å². The van der Waals surface area contributed by atoms with Gasteiger partial charge in [-0.15, -0.1) is 16.4 Å². The molecule has 0 saturated carbocycles. The van der Waals surface area contributed by atoms with Crippen molar-refractivity contribution in [1.82, 2.24) is 19.3 Å². The van der Waals surface area contributed by atoms with Crippen molar-refractivity contribution in [2.45, 2.75) is 32.1 Å². The van der Waals surface area contributed by atoms with E-state index in [1.165, 1.54) is 22.3 Å². The van der Waals surface area contributed by atoms with E-state index in [0.717, 1.165) is 82.9 Å². The van der Waals surface area contributed by atoms with Crippen molar-refractivity contribution >= 4 is 53.3 Å². The number of aromatic nitrogens is 4. The highest BCUT2D eigenvalue weighted by atomic mass is 32.1. The van der Waals surface area contributed by atoms with Crippen LogP contribution in [-0.2, 0) is 5.41 Å². The van der Waals surface area contributed by atoms with Gasteiger partial charge in [0.1, 0.15) is 11.6 Å². The molecule has 276 valence electrons. The first-order valence-corrected chi connectivity index (χ1v) is 20.3. The van der Waals surface area contributed by atoms with Gasteiger partial charge in [0.05, 0.1) is 28.5 Å². The number of fused-ring (bicyclic) bond motifs is 10. The van der Waals surface area contributed by atoms with Crippen LogP contribution in [0.15, 0.2) is 146 Å². The predicted molar refractivity (Wildman–Crippen MR) is 233 cm³/mol. The zero-order valence-corrected chi connectivity index (χ0v) is 32.6. The van der Waals surface area contributed by atoms with Gasteiger partial charge in [-0.25, -0.2) is 4.39 Å². The summed E-state index contributed by atoms with van der Waals surface area (Å²) < 4.78 is 27.5. The molecule has 0 spiro atoms. The molecule has 3 heterocycles. The Kier molecular flexibility index (Phi) is 7.54. The largest absolute Gasteiger partial charge is 0.497 e. The van der Waals surface area contributed by atoms with Gasteiger partial charge < -0.3 is 4.74 Å². The van der Waals surface area contributed by atoms with Crippen molar-refractivity contribution in [3.63, 3.8) is 0 Å². The summed E-state index contributed by atoms with van der Waals surface area (Å²) in [7, 11) is 1.71. The van der Waals surface area contributed by atoms with Gasteiger partial charge in [0.2, 0.25) is 5.95 Å². The van der Waals surface area contributed by atoms with E-state index in [-0.39, 0.29) is 11.2 Å². The molecule has 1 aliphatic carbocycles. The molecule has 0 atom stereocenters. The highest BCUT2D eigenvalue weighted by Gasteiger charge is 2.40. The van der Waals surface area contributed by atoms with Crippen LogP contribution in [0, 0.1) is 5.82 Å². The summed E-state index contributed by atoms with van der Waals surface area (Å²) in [4.78, 5) is 5.32. The van der Waals surface area contributed by atoms with E-state index in [1.54, 1.807) is 30.6 Å². The minimum absolute atomic E-state index is 0.0880. The molecule has 3 aromatic heterocycles. The van der Waals surface area contributed by atoms with Crippen LogP contribution in [0.5, 0.6) is 5.75 Å². The summed E-state index contributed by atoms with van der Waals surface area (Å²) in [6.07, 6.45) is 2.00. The minimum Gasteiger partial charge on any atom is -0.497 e. The molecule has 7 aromatic carbocycles. The molecule has 0 radical (unpaired) electrons. The third-order valence-corrected chi connectivity index (χ3v) is 13.4. The number of hydrogen-bond acceptors (Lipinski definition) is 4. The Morgan fingerprint density at radius 1 is 0.667 bits per heavy atom. The van der Waals surface area contributed by atoms with Crippen molar-refractivity contribution in [3.05, 3.63) is 163 Å². The number of nitrogens with zero attached hydrogens (tertiary/aromatic N) is 4. The maximum Gasteiger partial charge on any atom is 0.238 e. The van der Waals surface area contributed by atoms with Crippen LogP contribution in [0.4, 0.5) is 4.39 Å². The average molecular weight is 761 g/mol. The Morgan fingerprint density at radius 2 is 1.42 bits per heavy atom. The first-order chi connectivity index (χ1) is 28.0. The molecule has 0 unspecified atom stereocenters. The second-order valence-electron chi connectivity index (χ2n) is 14.9. The number of methoxy groups -OCH3 is 1. The molecule has 0 aliphatic heterocycles. The van der Waals surface area contributed by atoms with E-state index >= 15 is 4.39 Å². The lowest BCUT2D eigenvalue weighted by Gasteiger charge is -2.30. The Bertz CT molecular complexity index is 3210. The fourth-order valence-corrected chi connectivity index (χ4v) is 10.7. The van der Waals surface area contributed by atoms with E-state index in [4.69, 9.17) is 14.8 Å². The maximum absolute atomic E-state index is 15.4. The van der Waals surface area contributed by atoms with E-state index in [9.17, 15) is 0 Å². The molecule has 0 N–H and O–H groups in total. The molecular weight excluding hydrogens is 724 g/mol. The lowest BCUT2D eigenvalue weighted by molar-refractivity contribution is 0.415. The first kappa shape index (κ1) is 33.7. The van der Waals surface area contributed by atoms with Crippen molar-refractivity contribution in [1.29, 1.82) is 0 Å². The zero-order valence-electron chi connectivity index (χ0n) is 31.8. The number of para-hydroxylation sites is 1. The second-order valence-corrected chi connectivity index (χ2v) is 16.0. The smallest absolute Gasteiger partial charge is 0.238 e. The number of ether oxygens (including phenoxy) is 1. The van der Waals surface area contributed by atoms with Gasteiger partial charge in [-0.3, -0.25) is 4.57 Å². The van der Waals surface area contributed by atoms with E-state index < -0.39 is 0 Å². The summed E-state index contributed by atoms with van der Waals surface area (Å²) >= 11 is 1.70. The third kappa shape index (κ3) is 4.85. The topological polar surface area (TPSA) is 44.9 Å². The molecule has 0 amide bonds. The molecule has 10 aromatic rings. The Hall–Kier alpha value is -6.57. The van der Waals surface area contributed by atoms with E-state index in [0.29, 0.717) is 11.8 Å². The summed E-state index contributed by atoms with van der Waals surface area (Å²) in [5.41, 5.74) is 11.3. The second kappa shape index (κ2) is 12.7. The van der Waals surface area contributed by atoms with Gasteiger partial charge in [0, 0.05) is 37.2 Å². The van der Waals surface area contributed by atoms with Gasteiger partial charge in [-0.05, 0) is 107 Å². The lowest BCUT2D eigenvalue weighted by atomic mass is 9.73. The Morgan fingerprint density at radius 3 is 2.21 bits per heavy atom. The van der Waals surface area contributed by atoms with Crippen molar-refractivity contribution in [2.24, 2.45) is 0 Å². The third-order valence-electron chi connectivity index (χ3n) is 12.2. The molecule has 57 heavy (non-hydrogen) atoms. The van der Waals surface area contributed by atoms with Gasteiger partial charge in [-0.1, -0.05) is 98.8 Å². The molecule has 0 bridgehead atoms. The van der Waals surface area contributed by atoms with Crippen molar-refractivity contribution < 1.29 is 9.13 Å². The van der Waals surface area contributed by atoms with Crippen LogP contribution in [0.3, 0.4) is 0 Å². The van der Waals surface area contributed by atoms with Gasteiger partial charge >= 0.3 is 0 Å². The monoisotopic (exact) mass is 760 g/mol. The number of thiophene rings is 1. The quantitative estimate of drug-likeness (QED) is 0.162. The van der Waals surface area contributed by atoms with Gasteiger partial charge in [0.15, 0.2) is 5.82 Å². The molecular formula is C50H37FN4OS. The van der Waals surface area contributed by atoms with Crippen LogP contribution < -0.4 is 4.74 Å². The highest BCUT2D eigenvalue weighted by Crippen LogP contribution is 2.55. The lowest BCUT2D eigenvalue weighted by Crippen LogP contribution is -2.23. The number of rotatable bonds is 7. The fourth-order valence-electron chi connectivity index (χ4n) is 9.48. The fraction of sp³-hybridized carbons (Fsp3) is 0.120. The summed E-state index contributed by atoms with van der Waals surface area (Å²) in [5.74, 6) is 1.80. The van der Waals surface area contributed by atoms with Crippen LogP contribution in [0.1, 0.15) is 37.8 Å². The molecule has 5 nitrogen and oxygen atoms in total. The molecule has 11 rings (SSSR count). The maximum atomic E-state index is 15.4. The summed E-state index contributed by atoms with van der Waals surface area (Å²) in [5, 5.41) is 9.17. The predicted octanol–water partition coefficient (Wildman–Crippen LogP) is 13.3. The molecule has 0 fully saturated rings. The van der Waals surface area contributed by atoms with Crippen molar-refractivity contribution in [3.8, 4) is 51.0 Å². The van der Waals surface area contributed by atoms with E-state index in [2.05, 4.69) is 91.2 Å². The van der Waals surface area contributed by atoms with Gasteiger partial charge in [0.25, 0.3) is 0 Å². The number of hydrogen-bond donors (Lipinski definition) is 0. The van der Waals surface area contributed by atoms with Crippen LogP contribution in [0.25, 0.3) is 87.3 Å². The molecule has 7 heteroatoms. The highest BCUT2D eigenvalue weighted by molar-refractivity contribution is 7.26. The zero-order chi connectivity index (χ0) is 38.4. The Labute approximate surface area is 333 Å². The molecule has 0 saturated heterocycles. The van der Waals surface area contributed by atoms with Crippen LogP contribution in [-0.4, -0.2) is 26.4 Å². The van der Waals surface area contributed by atoms with Crippen LogP contribution >= 0.6 is 11.3 Å². The first-order valence-electron chi connectivity index (χ1n) is 19.5. The Balaban J connectivity index is 1.28. The standard InChI is InChI=1S/C50H37FN4OS/c1-4-50(5-2)41-19-13-12-18-35(41)36-23-20-31(26-42(36)50)37-29-39-38-28-34(56-3)22-24-43(38)54(46(39)47-45(37)40-27-32(51)21-25-44(40)57-47)49-52-48(30-14-8-6-9-15-30)53-55(49)33-16-10-7-11-17-33/h6-29H,4-5H2,1-3H3.